The van der Waals surface area contributed by atoms with E-state index in [4.69, 9.17) is 0 Å². The molecule has 0 saturated heterocycles. The molecule has 1 atom stereocenters. The molecule has 82 valence electrons. The van der Waals surface area contributed by atoms with Crippen molar-refractivity contribution in [2.24, 2.45) is 5.92 Å². The molecule has 1 aliphatic rings. The van der Waals surface area contributed by atoms with E-state index in [1.54, 1.807) is 24.2 Å². The van der Waals surface area contributed by atoms with E-state index in [0.717, 1.165) is 23.7 Å². The molecule has 1 aromatic heterocycles. The van der Waals surface area contributed by atoms with Gasteiger partial charge in [0.2, 0.25) is 0 Å². The fourth-order valence-electron chi connectivity index (χ4n) is 1.39. The summed E-state index contributed by atoms with van der Waals surface area (Å²) in [6.45, 7) is 0.567. The highest BCUT2D eigenvalue weighted by atomic mass is 32.2. The predicted octanol–water partition coefficient (Wildman–Crippen LogP) is 1.38. The molecule has 0 unspecified atom stereocenters. The molecule has 15 heavy (non-hydrogen) atoms. The van der Waals surface area contributed by atoms with Gasteiger partial charge < -0.3 is 10.4 Å². The van der Waals surface area contributed by atoms with Crippen molar-refractivity contribution in [2.45, 2.75) is 24.0 Å². The van der Waals surface area contributed by atoms with E-state index in [1.807, 2.05) is 6.26 Å². The minimum Gasteiger partial charge on any atom is -0.391 e. The van der Waals surface area contributed by atoms with Crippen LogP contribution >= 0.6 is 11.8 Å². The fourth-order valence-corrected chi connectivity index (χ4v) is 1.74. The summed E-state index contributed by atoms with van der Waals surface area (Å²) in [6, 6.07) is 0. The van der Waals surface area contributed by atoms with Gasteiger partial charge in [0.1, 0.15) is 10.8 Å². The van der Waals surface area contributed by atoms with Crippen LogP contribution in [0.4, 0.5) is 5.82 Å². The molecule has 1 aromatic rings. The lowest BCUT2D eigenvalue weighted by Crippen LogP contribution is -2.21. The average Bonchev–Trinajstić information content (AvgIpc) is 3.10. The van der Waals surface area contributed by atoms with Gasteiger partial charge in [0.15, 0.2) is 0 Å². The van der Waals surface area contributed by atoms with Crippen LogP contribution < -0.4 is 5.32 Å². The number of hydrogen-bond donors (Lipinski definition) is 2. The van der Waals surface area contributed by atoms with E-state index >= 15 is 0 Å². The molecule has 1 aliphatic carbocycles. The summed E-state index contributed by atoms with van der Waals surface area (Å²) in [5.74, 6) is 1.23. The number of hydrogen-bond acceptors (Lipinski definition) is 5. The topological polar surface area (TPSA) is 58.0 Å². The first-order chi connectivity index (χ1) is 7.29. The van der Waals surface area contributed by atoms with E-state index in [1.165, 1.54) is 0 Å². The van der Waals surface area contributed by atoms with E-state index in [-0.39, 0.29) is 6.10 Å². The summed E-state index contributed by atoms with van der Waals surface area (Å²) >= 11 is 1.56. The first kappa shape index (κ1) is 10.7. The van der Waals surface area contributed by atoms with Gasteiger partial charge in [0, 0.05) is 6.54 Å². The standard InChI is InChI=1S/C10H15N3OS/c1-15-10-6-11-5-9(13-10)12-4-8(14)7-2-3-7/h5-8,14H,2-4H2,1H3,(H,12,13)/t8-/m0/s1. The van der Waals surface area contributed by atoms with Crippen LogP contribution in [0.15, 0.2) is 17.4 Å². The molecule has 0 spiro atoms. The van der Waals surface area contributed by atoms with E-state index in [2.05, 4.69) is 15.3 Å². The molecule has 0 bridgehead atoms. The quantitative estimate of drug-likeness (QED) is 0.741. The molecule has 1 saturated carbocycles. The Morgan fingerprint density at radius 1 is 1.60 bits per heavy atom. The summed E-state index contributed by atoms with van der Waals surface area (Å²) in [5.41, 5.74) is 0. The first-order valence-corrected chi connectivity index (χ1v) is 6.30. The summed E-state index contributed by atoms with van der Waals surface area (Å²) in [5, 5.41) is 13.7. The predicted molar refractivity (Wildman–Crippen MR) is 61.0 cm³/mol. The Balaban J connectivity index is 1.86. The monoisotopic (exact) mass is 225 g/mol. The zero-order valence-electron chi connectivity index (χ0n) is 8.68. The molecule has 4 nitrogen and oxygen atoms in total. The number of rotatable bonds is 5. The fraction of sp³-hybridized carbons (Fsp3) is 0.600. The average molecular weight is 225 g/mol. The SMILES string of the molecule is CSc1cncc(NC[C@H](O)C2CC2)n1. The number of anilines is 1. The highest BCUT2D eigenvalue weighted by Gasteiger charge is 2.29. The highest BCUT2D eigenvalue weighted by Crippen LogP contribution is 2.32. The van der Waals surface area contributed by atoms with Gasteiger partial charge in [-0.1, -0.05) is 0 Å². The molecule has 0 aliphatic heterocycles. The van der Waals surface area contributed by atoms with Crippen LogP contribution in [0, 0.1) is 5.92 Å². The largest absolute Gasteiger partial charge is 0.391 e. The van der Waals surface area contributed by atoms with Crippen molar-refractivity contribution in [2.75, 3.05) is 18.1 Å². The molecular weight excluding hydrogens is 210 g/mol. The molecule has 0 radical (unpaired) electrons. The van der Waals surface area contributed by atoms with Gasteiger partial charge in [-0.3, -0.25) is 4.98 Å². The molecule has 2 N–H and O–H groups in total. The summed E-state index contributed by atoms with van der Waals surface area (Å²) in [4.78, 5) is 8.39. The Hall–Kier alpha value is -0.810. The third kappa shape index (κ3) is 3.07. The third-order valence-electron chi connectivity index (χ3n) is 2.48. The smallest absolute Gasteiger partial charge is 0.145 e. The summed E-state index contributed by atoms with van der Waals surface area (Å²) < 4.78 is 0. The van der Waals surface area contributed by atoms with Crippen LogP contribution in [0.25, 0.3) is 0 Å². The molecule has 5 heteroatoms. The molecule has 1 heterocycles. The maximum absolute atomic E-state index is 9.66. The van der Waals surface area contributed by atoms with Crippen molar-refractivity contribution in [1.29, 1.82) is 0 Å². The Morgan fingerprint density at radius 2 is 2.40 bits per heavy atom. The maximum atomic E-state index is 9.66. The first-order valence-electron chi connectivity index (χ1n) is 5.07. The summed E-state index contributed by atoms with van der Waals surface area (Å²) in [6.07, 6.45) is 7.43. The lowest BCUT2D eigenvalue weighted by molar-refractivity contribution is 0.164. The van der Waals surface area contributed by atoms with Crippen molar-refractivity contribution < 1.29 is 5.11 Å². The zero-order chi connectivity index (χ0) is 10.7. The Bertz CT molecular complexity index is 330. The Kier molecular flexibility index (Phi) is 3.43. The summed E-state index contributed by atoms with van der Waals surface area (Å²) in [7, 11) is 0. The van der Waals surface area contributed by atoms with Gasteiger partial charge in [0.05, 0.1) is 18.5 Å². The minimum absolute atomic E-state index is 0.246. The third-order valence-corrected chi connectivity index (χ3v) is 3.10. The second-order valence-corrected chi connectivity index (χ2v) is 4.56. The van der Waals surface area contributed by atoms with Gasteiger partial charge in [-0.25, -0.2) is 4.98 Å². The normalized spacial score (nSPS) is 17.5. The Morgan fingerprint density at radius 3 is 3.07 bits per heavy atom. The molecule has 1 fully saturated rings. The number of aliphatic hydroxyl groups is 1. The van der Waals surface area contributed by atoms with Crippen LogP contribution in [-0.4, -0.2) is 34.0 Å². The lowest BCUT2D eigenvalue weighted by atomic mass is 10.2. The van der Waals surface area contributed by atoms with Crippen LogP contribution in [0.1, 0.15) is 12.8 Å². The maximum Gasteiger partial charge on any atom is 0.145 e. The van der Waals surface area contributed by atoms with Crippen LogP contribution in [0.5, 0.6) is 0 Å². The van der Waals surface area contributed by atoms with Crippen molar-refractivity contribution in [3.8, 4) is 0 Å². The molecule has 0 amide bonds. The van der Waals surface area contributed by atoms with Crippen molar-refractivity contribution in [3.05, 3.63) is 12.4 Å². The lowest BCUT2D eigenvalue weighted by Gasteiger charge is -2.10. The van der Waals surface area contributed by atoms with Gasteiger partial charge in [-0.05, 0) is 25.0 Å². The minimum atomic E-state index is -0.246. The Labute approximate surface area is 93.5 Å². The van der Waals surface area contributed by atoms with Gasteiger partial charge in [-0.15, -0.1) is 11.8 Å². The number of aromatic nitrogens is 2. The number of thioether (sulfide) groups is 1. The number of aliphatic hydroxyl groups excluding tert-OH is 1. The second kappa shape index (κ2) is 4.81. The number of nitrogens with one attached hydrogen (secondary N) is 1. The highest BCUT2D eigenvalue weighted by molar-refractivity contribution is 7.98. The van der Waals surface area contributed by atoms with E-state index in [0.29, 0.717) is 12.5 Å². The van der Waals surface area contributed by atoms with Crippen molar-refractivity contribution >= 4 is 17.6 Å². The van der Waals surface area contributed by atoms with E-state index < -0.39 is 0 Å². The van der Waals surface area contributed by atoms with Gasteiger partial charge in [-0.2, -0.15) is 0 Å². The van der Waals surface area contributed by atoms with Crippen LogP contribution in [0.2, 0.25) is 0 Å². The van der Waals surface area contributed by atoms with Crippen molar-refractivity contribution in [3.63, 3.8) is 0 Å². The van der Waals surface area contributed by atoms with E-state index in [9.17, 15) is 5.11 Å². The van der Waals surface area contributed by atoms with Crippen molar-refractivity contribution in [1.82, 2.24) is 9.97 Å². The van der Waals surface area contributed by atoms with Crippen LogP contribution in [-0.2, 0) is 0 Å². The van der Waals surface area contributed by atoms with Gasteiger partial charge >= 0.3 is 0 Å². The number of nitrogens with zero attached hydrogens (tertiary/aromatic N) is 2. The molecular formula is C10H15N3OS. The second-order valence-electron chi connectivity index (χ2n) is 3.73. The zero-order valence-corrected chi connectivity index (χ0v) is 9.50. The van der Waals surface area contributed by atoms with Gasteiger partial charge in [0.25, 0.3) is 0 Å². The van der Waals surface area contributed by atoms with Crippen LogP contribution in [0.3, 0.4) is 0 Å². The molecule has 0 aromatic carbocycles. The molecule has 2 rings (SSSR count).